The summed E-state index contributed by atoms with van der Waals surface area (Å²) in [6.45, 7) is 8.16. The van der Waals surface area contributed by atoms with E-state index in [1.807, 2.05) is 37.9 Å². The van der Waals surface area contributed by atoms with Crippen molar-refractivity contribution in [2.75, 3.05) is 13.1 Å². The first kappa shape index (κ1) is 14.7. The average Bonchev–Trinajstić information content (AvgIpc) is 3.15. The van der Waals surface area contributed by atoms with Crippen LogP contribution in [0.25, 0.3) is 0 Å². The minimum absolute atomic E-state index is 0.0478. The number of amides is 1. The fourth-order valence-corrected chi connectivity index (χ4v) is 2.92. The van der Waals surface area contributed by atoms with Crippen LogP contribution in [-0.4, -0.2) is 43.6 Å². The molecule has 0 aliphatic carbocycles. The molecule has 3 rings (SSSR count). The van der Waals surface area contributed by atoms with E-state index in [0.717, 1.165) is 36.7 Å². The first-order chi connectivity index (χ1) is 10.6. The van der Waals surface area contributed by atoms with Gasteiger partial charge in [-0.25, -0.2) is 9.97 Å². The molecule has 6 nitrogen and oxygen atoms in total. The summed E-state index contributed by atoms with van der Waals surface area (Å²) < 4.78 is 1.77. The molecule has 1 saturated heterocycles. The number of carbonyl (C=O) groups excluding carboxylic acids is 1. The maximum atomic E-state index is 12.5. The third kappa shape index (κ3) is 2.86. The number of aryl methyl sites for hydroxylation is 3. The van der Waals surface area contributed by atoms with E-state index in [2.05, 4.69) is 15.1 Å². The first-order valence-electron chi connectivity index (χ1n) is 7.70. The quantitative estimate of drug-likeness (QED) is 0.869. The minimum Gasteiger partial charge on any atom is -0.338 e. The number of likely N-dealkylation sites (tertiary alicyclic amines) is 1. The van der Waals surface area contributed by atoms with Gasteiger partial charge in [0.1, 0.15) is 5.82 Å². The molecule has 1 atom stereocenters. The van der Waals surface area contributed by atoms with Gasteiger partial charge in [0.15, 0.2) is 0 Å². The molecule has 22 heavy (non-hydrogen) atoms. The molecule has 0 radical (unpaired) electrons. The number of aromatic nitrogens is 4. The second-order valence-electron chi connectivity index (χ2n) is 5.83. The molecule has 116 valence electrons. The van der Waals surface area contributed by atoms with Gasteiger partial charge in [0, 0.05) is 43.1 Å². The lowest BCUT2D eigenvalue weighted by Gasteiger charge is -2.15. The summed E-state index contributed by atoms with van der Waals surface area (Å²) in [5, 5.41) is 4.17. The van der Waals surface area contributed by atoms with Crippen LogP contribution in [0.5, 0.6) is 0 Å². The SMILES string of the molecule is CCn1cc(C(=O)N2CC[C@H](c3nc(C)cc(C)n3)C2)cn1. The highest BCUT2D eigenvalue weighted by Crippen LogP contribution is 2.26. The van der Waals surface area contributed by atoms with Crippen molar-refractivity contribution in [3.63, 3.8) is 0 Å². The predicted octanol–water partition coefficient (Wildman–Crippen LogP) is 1.94. The minimum atomic E-state index is 0.0478. The molecule has 1 amide bonds. The van der Waals surface area contributed by atoms with Crippen molar-refractivity contribution in [1.29, 1.82) is 0 Å². The second-order valence-corrected chi connectivity index (χ2v) is 5.83. The fourth-order valence-electron chi connectivity index (χ4n) is 2.92. The summed E-state index contributed by atoms with van der Waals surface area (Å²) in [7, 11) is 0. The lowest BCUT2D eigenvalue weighted by molar-refractivity contribution is 0.0790. The van der Waals surface area contributed by atoms with Gasteiger partial charge in [-0.3, -0.25) is 9.48 Å². The normalized spacial score (nSPS) is 18.0. The van der Waals surface area contributed by atoms with Crippen LogP contribution in [0.3, 0.4) is 0 Å². The van der Waals surface area contributed by atoms with E-state index in [1.54, 1.807) is 10.9 Å². The molecule has 1 aliphatic heterocycles. The summed E-state index contributed by atoms with van der Waals surface area (Å²) in [5.41, 5.74) is 2.62. The van der Waals surface area contributed by atoms with Gasteiger partial charge in [0.2, 0.25) is 0 Å². The molecule has 6 heteroatoms. The maximum Gasteiger partial charge on any atom is 0.257 e. The van der Waals surface area contributed by atoms with E-state index in [4.69, 9.17) is 0 Å². The summed E-state index contributed by atoms with van der Waals surface area (Å²) in [6.07, 6.45) is 4.37. The standard InChI is InChI=1S/C16H21N5O/c1-4-21-10-14(8-17-21)16(22)20-6-5-13(9-20)15-18-11(2)7-12(3)19-15/h7-8,10,13H,4-6,9H2,1-3H3/t13-/m0/s1. The third-order valence-electron chi connectivity index (χ3n) is 4.04. The van der Waals surface area contributed by atoms with E-state index in [9.17, 15) is 4.79 Å². The Kier molecular flexibility index (Phi) is 3.92. The van der Waals surface area contributed by atoms with Crippen molar-refractivity contribution >= 4 is 5.91 Å². The Balaban J connectivity index is 1.72. The van der Waals surface area contributed by atoms with Gasteiger partial charge in [-0.1, -0.05) is 0 Å². The predicted molar refractivity (Wildman–Crippen MR) is 82.7 cm³/mol. The van der Waals surface area contributed by atoms with E-state index in [1.165, 1.54) is 0 Å². The van der Waals surface area contributed by atoms with Crippen LogP contribution in [0, 0.1) is 13.8 Å². The lowest BCUT2D eigenvalue weighted by atomic mass is 10.1. The van der Waals surface area contributed by atoms with Crippen LogP contribution in [0.2, 0.25) is 0 Å². The second kappa shape index (κ2) is 5.87. The maximum absolute atomic E-state index is 12.5. The number of hydrogen-bond acceptors (Lipinski definition) is 4. The van der Waals surface area contributed by atoms with Crippen LogP contribution in [0.1, 0.15) is 46.8 Å². The average molecular weight is 299 g/mol. The van der Waals surface area contributed by atoms with Gasteiger partial charge in [0.05, 0.1) is 11.8 Å². The molecule has 0 bridgehead atoms. The summed E-state index contributed by atoms with van der Waals surface area (Å²) in [4.78, 5) is 23.5. The van der Waals surface area contributed by atoms with E-state index < -0.39 is 0 Å². The van der Waals surface area contributed by atoms with Crippen molar-refractivity contribution in [3.05, 3.63) is 41.2 Å². The van der Waals surface area contributed by atoms with Crippen LogP contribution >= 0.6 is 0 Å². The van der Waals surface area contributed by atoms with Crippen LogP contribution in [0.4, 0.5) is 0 Å². The molecule has 0 unspecified atom stereocenters. The zero-order valence-electron chi connectivity index (χ0n) is 13.3. The highest BCUT2D eigenvalue weighted by atomic mass is 16.2. The molecule has 1 fully saturated rings. The topological polar surface area (TPSA) is 63.9 Å². The van der Waals surface area contributed by atoms with Gasteiger partial charge in [-0.2, -0.15) is 5.10 Å². The monoisotopic (exact) mass is 299 g/mol. The van der Waals surface area contributed by atoms with Gasteiger partial charge in [-0.15, -0.1) is 0 Å². The van der Waals surface area contributed by atoms with Crippen LogP contribution in [0.15, 0.2) is 18.5 Å². The Labute approximate surface area is 130 Å². The smallest absolute Gasteiger partial charge is 0.257 e. The summed E-state index contributed by atoms with van der Waals surface area (Å²) in [6, 6.07) is 1.97. The van der Waals surface area contributed by atoms with Crippen molar-refractivity contribution < 1.29 is 4.79 Å². The Morgan fingerprint density at radius 2 is 2.05 bits per heavy atom. The molecule has 0 saturated carbocycles. The molecule has 0 N–H and O–H groups in total. The fraction of sp³-hybridized carbons (Fsp3) is 0.500. The number of nitrogens with zero attached hydrogens (tertiary/aromatic N) is 5. The number of carbonyl (C=O) groups is 1. The van der Waals surface area contributed by atoms with Crippen molar-refractivity contribution in [1.82, 2.24) is 24.6 Å². The van der Waals surface area contributed by atoms with Crippen LogP contribution < -0.4 is 0 Å². The highest BCUT2D eigenvalue weighted by molar-refractivity contribution is 5.94. The Morgan fingerprint density at radius 1 is 1.32 bits per heavy atom. The van der Waals surface area contributed by atoms with Crippen molar-refractivity contribution in [2.24, 2.45) is 0 Å². The lowest BCUT2D eigenvalue weighted by Crippen LogP contribution is -2.28. The summed E-state index contributed by atoms with van der Waals surface area (Å²) >= 11 is 0. The first-order valence-corrected chi connectivity index (χ1v) is 7.70. The van der Waals surface area contributed by atoms with E-state index in [0.29, 0.717) is 12.1 Å². The van der Waals surface area contributed by atoms with Gasteiger partial charge < -0.3 is 4.90 Å². The Morgan fingerprint density at radius 3 is 2.68 bits per heavy atom. The number of rotatable bonds is 3. The van der Waals surface area contributed by atoms with Crippen molar-refractivity contribution in [3.8, 4) is 0 Å². The van der Waals surface area contributed by atoms with Gasteiger partial charge in [-0.05, 0) is 33.3 Å². The van der Waals surface area contributed by atoms with Crippen LogP contribution in [-0.2, 0) is 6.54 Å². The Hall–Kier alpha value is -2.24. The molecular weight excluding hydrogens is 278 g/mol. The number of hydrogen-bond donors (Lipinski definition) is 0. The molecular formula is C16H21N5O. The highest BCUT2D eigenvalue weighted by Gasteiger charge is 2.30. The zero-order valence-corrected chi connectivity index (χ0v) is 13.3. The largest absolute Gasteiger partial charge is 0.338 e. The summed E-state index contributed by atoms with van der Waals surface area (Å²) in [5.74, 6) is 1.13. The Bertz CT molecular complexity index is 673. The molecule has 2 aromatic heterocycles. The van der Waals surface area contributed by atoms with Crippen molar-refractivity contribution in [2.45, 2.75) is 39.7 Å². The van der Waals surface area contributed by atoms with Gasteiger partial charge >= 0.3 is 0 Å². The van der Waals surface area contributed by atoms with E-state index >= 15 is 0 Å². The van der Waals surface area contributed by atoms with Gasteiger partial charge in [0.25, 0.3) is 5.91 Å². The van der Waals surface area contributed by atoms with E-state index in [-0.39, 0.29) is 11.8 Å². The zero-order chi connectivity index (χ0) is 15.7. The molecule has 1 aliphatic rings. The molecule has 2 aromatic rings. The molecule has 3 heterocycles. The third-order valence-corrected chi connectivity index (χ3v) is 4.04. The molecule has 0 spiro atoms. The molecule has 0 aromatic carbocycles.